The van der Waals surface area contributed by atoms with Gasteiger partial charge in [0.15, 0.2) is 0 Å². The predicted octanol–water partition coefficient (Wildman–Crippen LogP) is 7.89. The second-order valence-corrected chi connectivity index (χ2v) is 8.87. The van der Waals surface area contributed by atoms with Crippen molar-refractivity contribution in [2.45, 2.75) is 155 Å². The van der Waals surface area contributed by atoms with Crippen LogP contribution in [-0.4, -0.2) is 22.8 Å². The van der Waals surface area contributed by atoms with Gasteiger partial charge in [0.2, 0.25) is 0 Å². The molecule has 0 rings (SSSR count). The first kappa shape index (κ1) is 30.6. The molecule has 0 aromatic heterocycles. The van der Waals surface area contributed by atoms with Crippen LogP contribution in [0.3, 0.4) is 0 Å². The van der Waals surface area contributed by atoms with E-state index in [2.05, 4.69) is 6.92 Å². The molecule has 4 heteroatoms. The van der Waals surface area contributed by atoms with E-state index in [9.17, 15) is 9.90 Å². The van der Waals surface area contributed by atoms with Crippen molar-refractivity contribution in [1.82, 2.24) is 6.15 Å². The highest BCUT2D eigenvalue weighted by Crippen LogP contribution is 2.25. The van der Waals surface area contributed by atoms with Crippen LogP contribution in [0.25, 0.3) is 0 Å². The molecule has 0 amide bonds. The van der Waals surface area contributed by atoms with Gasteiger partial charge in [-0.15, -0.1) is 0 Å². The Hall–Kier alpha value is -0.610. The van der Waals surface area contributed by atoms with Crippen LogP contribution >= 0.6 is 0 Å². The van der Waals surface area contributed by atoms with E-state index in [1.54, 1.807) is 13.8 Å². The van der Waals surface area contributed by atoms with Crippen molar-refractivity contribution in [3.05, 3.63) is 0 Å². The largest absolute Gasteiger partial charge is 0.457 e. The monoisotopic (exact) mass is 415 g/mol. The van der Waals surface area contributed by atoms with Crippen LogP contribution in [-0.2, 0) is 9.53 Å². The number of ether oxygens (including phenoxy) is 1. The summed E-state index contributed by atoms with van der Waals surface area (Å²) < 4.78 is 5.48. The SMILES string of the molecule is CCCCCCCCCCCCCCCCCCC(C)(OC(=O)CC)C(C)O.N. The Balaban J connectivity index is 0. The molecular formula is C25H53NO3. The van der Waals surface area contributed by atoms with Crippen molar-refractivity contribution in [1.29, 1.82) is 0 Å². The standard InChI is InChI=1S/C25H50O3.H3N/c1-5-7-8-9-10-11-12-13-14-15-16-17-18-19-20-21-22-25(4,23(3)26)28-24(27)6-2;/h23,26H,5-22H2,1-4H3;1H3. The highest BCUT2D eigenvalue weighted by atomic mass is 16.6. The summed E-state index contributed by atoms with van der Waals surface area (Å²) in [6.07, 6.45) is 22.0. The fourth-order valence-corrected chi connectivity index (χ4v) is 3.70. The smallest absolute Gasteiger partial charge is 0.306 e. The number of aliphatic hydroxyl groups is 1. The van der Waals surface area contributed by atoms with Crippen LogP contribution in [0.15, 0.2) is 0 Å². The highest BCUT2D eigenvalue weighted by molar-refractivity contribution is 5.69. The van der Waals surface area contributed by atoms with Crippen LogP contribution < -0.4 is 6.15 Å². The molecule has 0 saturated carbocycles. The summed E-state index contributed by atoms with van der Waals surface area (Å²) in [5.74, 6) is -0.222. The lowest BCUT2D eigenvalue weighted by atomic mass is 9.92. The fourth-order valence-electron chi connectivity index (χ4n) is 3.70. The minimum Gasteiger partial charge on any atom is -0.457 e. The van der Waals surface area contributed by atoms with Crippen LogP contribution in [0.2, 0.25) is 0 Å². The Morgan fingerprint density at radius 3 is 1.41 bits per heavy atom. The van der Waals surface area contributed by atoms with Crippen molar-refractivity contribution in [3.63, 3.8) is 0 Å². The second kappa shape index (κ2) is 20.7. The molecule has 0 saturated heterocycles. The average Bonchev–Trinajstić information content (AvgIpc) is 2.67. The molecule has 0 aliphatic rings. The first-order valence-electron chi connectivity index (χ1n) is 12.4. The van der Waals surface area contributed by atoms with Crippen LogP contribution in [0.5, 0.6) is 0 Å². The topological polar surface area (TPSA) is 81.5 Å². The van der Waals surface area contributed by atoms with E-state index >= 15 is 0 Å². The third-order valence-electron chi connectivity index (χ3n) is 6.05. The molecule has 4 N–H and O–H groups in total. The van der Waals surface area contributed by atoms with Gasteiger partial charge in [0.25, 0.3) is 0 Å². The molecule has 0 aromatic rings. The van der Waals surface area contributed by atoms with Crippen LogP contribution in [0.4, 0.5) is 0 Å². The number of esters is 1. The van der Waals surface area contributed by atoms with Crippen LogP contribution in [0.1, 0.15) is 143 Å². The zero-order valence-electron chi connectivity index (χ0n) is 20.3. The van der Waals surface area contributed by atoms with Gasteiger partial charge in [-0.05, 0) is 26.7 Å². The summed E-state index contributed by atoms with van der Waals surface area (Å²) in [6, 6.07) is 0. The third kappa shape index (κ3) is 17.9. The van der Waals surface area contributed by atoms with Crippen molar-refractivity contribution in [2.24, 2.45) is 0 Å². The minimum atomic E-state index is -0.733. The molecule has 0 aliphatic heterocycles. The Morgan fingerprint density at radius 1 is 0.759 bits per heavy atom. The summed E-state index contributed by atoms with van der Waals surface area (Å²) in [7, 11) is 0. The van der Waals surface area contributed by atoms with Gasteiger partial charge >= 0.3 is 5.97 Å². The number of aliphatic hydroxyl groups excluding tert-OH is 1. The molecule has 0 fully saturated rings. The quantitative estimate of drug-likeness (QED) is 0.156. The average molecular weight is 416 g/mol. The number of carbonyl (C=O) groups is 1. The van der Waals surface area contributed by atoms with E-state index in [1.807, 2.05) is 6.92 Å². The first-order valence-corrected chi connectivity index (χ1v) is 12.4. The molecule has 0 aliphatic carbocycles. The van der Waals surface area contributed by atoms with E-state index in [4.69, 9.17) is 4.74 Å². The Bertz CT molecular complexity index is 360. The lowest BCUT2D eigenvalue weighted by Crippen LogP contribution is -2.42. The minimum absolute atomic E-state index is 0. The van der Waals surface area contributed by atoms with E-state index in [1.165, 1.54) is 89.9 Å². The summed E-state index contributed by atoms with van der Waals surface area (Å²) in [6.45, 7) is 7.64. The van der Waals surface area contributed by atoms with Gasteiger partial charge in [-0.25, -0.2) is 0 Å². The van der Waals surface area contributed by atoms with Crippen LogP contribution in [0, 0.1) is 0 Å². The molecule has 176 valence electrons. The van der Waals surface area contributed by atoms with Crippen molar-refractivity contribution < 1.29 is 14.6 Å². The maximum atomic E-state index is 11.6. The molecule has 0 bridgehead atoms. The molecule has 29 heavy (non-hydrogen) atoms. The Kier molecular flexibility index (Phi) is 21.8. The summed E-state index contributed by atoms with van der Waals surface area (Å²) >= 11 is 0. The lowest BCUT2D eigenvalue weighted by Gasteiger charge is -2.32. The number of hydrogen-bond acceptors (Lipinski definition) is 4. The van der Waals surface area contributed by atoms with Gasteiger partial charge in [-0.2, -0.15) is 0 Å². The lowest BCUT2D eigenvalue weighted by molar-refractivity contribution is -0.170. The van der Waals surface area contributed by atoms with Gasteiger partial charge in [-0.1, -0.05) is 110 Å². The van der Waals surface area contributed by atoms with Gasteiger partial charge in [0, 0.05) is 6.42 Å². The van der Waals surface area contributed by atoms with E-state index in [-0.39, 0.29) is 12.1 Å². The number of hydrogen-bond donors (Lipinski definition) is 2. The maximum Gasteiger partial charge on any atom is 0.306 e. The van der Waals surface area contributed by atoms with Gasteiger partial charge in [0.1, 0.15) is 5.60 Å². The van der Waals surface area contributed by atoms with Crippen molar-refractivity contribution in [2.75, 3.05) is 0 Å². The number of unbranched alkanes of at least 4 members (excludes halogenated alkanes) is 15. The molecule has 2 atom stereocenters. The summed E-state index contributed by atoms with van der Waals surface area (Å²) in [5, 5.41) is 9.96. The van der Waals surface area contributed by atoms with E-state index < -0.39 is 11.7 Å². The zero-order valence-corrected chi connectivity index (χ0v) is 20.3. The van der Waals surface area contributed by atoms with Gasteiger partial charge < -0.3 is 16.0 Å². The van der Waals surface area contributed by atoms with Crippen molar-refractivity contribution >= 4 is 5.97 Å². The maximum absolute atomic E-state index is 11.6. The Morgan fingerprint density at radius 2 is 1.10 bits per heavy atom. The first-order chi connectivity index (χ1) is 13.5. The third-order valence-corrected chi connectivity index (χ3v) is 6.05. The Labute approximate surface area is 182 Å². The molecule has 0 heterocycles. The van der Waals surface area contributed by atoms with E-state index in [0.717, 1.165) is 19.3 Å². The van der Waals surface area contributed by atoms with E-state index in [0.29, 0.717) is 6.42 Å². The van der Waals surface area contributed by atoms with Gasteiger partial charge in [0.05, 0.1) is 6.10 Å². The number of carbonyl (C=O) groups excluding carboxylic acids is 1. The molecule has 0 aromatic carbocycles. The highest BCUT2D eigenvalue weighted by Gasteiger charge is 2.33. The summed E-state index contributed by atoms with van der Waals surface area (Å²) in [5.41, 5.74) is -0.733. The molecule has 0 radical (unpaired) electrons. The van der Waals surface area contributed by atoms with Gasteiger partial charge in [-0.3, -0.25) is 4.79 Å². The normalized spacial score (nSPS) is 14.1. The second-order valence-electron chi connectivity index (χ2n) is 8.87. The molecule has 2 unspecified atom stereocenters. The number of rotatable bonds is 20. The fraction of sp³-hybridized carbons (Fsp3) is 0.960. The summed E-state index contributed by atoms with van der Waals surface area (Å²) in [4.78, 5) is 11.6. The van der Waals surface area contributed by atoms with Crippen molar-refractivity contribution in [3.8, 4) is 0 Å². The predicted molar refractivity (Wildman–Crippen MR) is 126 cm³/mol. The zero-order chi connectivity index (χ0) is 21.1. The molecule has 4 nitrogen and oxygen atoms in total. The molecular weight excluding hydrogens is 362 g/mol. The molecule has 0 spiro atoms.